The Kier molecular flexibility index (Phi) is 5.16. The van der Waals surface area contributed by atoms with Crippen LogP contribution in [0.3, 0.4) is 0 Å². The molecule has 2 aliphatic rings. The van der Waals surface area contributed by atoms with Gasteiger partial charge in [-0.3, -0.25) is 9.88 Å². The third kappa shape index (κ3) is 3.50. The summed E-state index contributed by atoms with van der Waals surface area (Å²) in [7, 11) is 0. The summed E-state index contributed by atoms with van der Waals surface area (Å²) in [5.74, 6) is 0.507. The highest BCUT2D eigenvalue weighted by Crippen LogP contribution is 2.48. The zero-order valence-corrected chi connectivity index (χ0v) is 23.2. The van der Waals surface area contributed by atoms with E-state index in [-0.39, 0.29) is 0 Å². The molecular formula is C39H30N3+. The first kappa shape index (κ1) is 23.6. The highest BCUT2D eigenvalue weighted by molar-refractivity contribution is 6.11. The van der Waals surface area contributed by atoms with Crippen molar-refractivity contribution in [2.75, 3.05) is 4.90 Å². The molecule has 9 rings (SSSR count). The van der Waals surface area contributed by atoms with E-state index >= 15 is 0 Å². The first-order valence-electron chi connectivity index (χ1n) is 14.8. The second-order valence-corrected chi connectivity index (χ2v) is 11.6. The highest BCUT2D eigenvalue weighted by Gasteiger charge is 2.42. The van der Waals surface area contributed by atoms with Gasteiger partial charge in [-0.2, -0.15) is 0 Å². The van der Waals surface area contributed by atoms with Gasteiger partial charge in [0.05, 0.1) is 17.0 Å². The maximum atomic E-state index is 2.62. The average Bonchev–Trinajstić information content (AvgIpc) is 3.56. The number of quaternary nitrogens is 1. The summed E-state index contributed by atoms with van der Waals surface area (Å²) < 4.78 is 2.62. The van der Waals surface area contributed by atoms with E-state index in [1.807, 2.05) is 0 Å². The predicted octanol–water partition coefficient (Wildman–Crippen LogP) is 8.98. The van der Waals surface area contributed by atoms with Crippen LogP contribution in [0.25, 0.3) is 32.9 Å². The zero-order valence-electron chi connectivity index (χ0n) is 23.2. The monoisotopic (exact) mass is 540 g/mol. The van der Waals surface area contributed by atoms with Crippen molar-refractivity contribution >= 4 is 44.6 Å². The van der Waals surface area contributed by atoms with Crippen LogP contribution in [0.1, 0.15) is 23.2 Å². The molecule has 3 heterocycles. The first-order chi connectivity index (χ1) is 20.8. The molecule has 3 heteroatoms. The smallest absolute Gasteiger partial charge is 0.177 e. The second-order valence-electron chi connectivity index (χ2n) is 11.6. The molecule has 2 atom stereocenters. The number of nitrogens with zero attached hydrogens (tertiary/aromatic N) is 2. The molecule has 42 heavy (non-hydrogen) atoms. The normalized spacial score (nSPS) is 16.9. The van der Waals surface area contributed by atoms with Gasteiger partial charge in [-0.15, -0.1) is 0 Å². The fourth-order valence-electron chi connectivity index (χ4n) is 7.41. The number of hydrogen-bond acceptors (Lipinski definition) is 1. The van der Waals surface area contributed by atoms with Gasteiger partial charge < -0.3 is 4.90 Å². The lowest BCUT2D eigenvalue weighted by Crippen LogP contribution is -2.83. The number of anilines is 3. The van der Waals surface area contributed by atoms with Gasteiger partial charge in [0.1, 0.15) is 5.69 Å². The third-order valence-electron chi connectivity index (χ3n) is 9.30. The van der Waals surface area contributed by atoms with Crippen molar-refractivity contribution in [2.45, 2.75) is 18.5 Å². The molecule has 2 unspecified atom stereocenters. The Morgan fingerprint density at radius 3 is 2.00 bits per heavy atom. The van der Waals surface area contributed by atoms with Crippen molar-refractivity contribution in [1.29, 1.82) is 0 Å². The van der Waals surface area contributed by atoms with Crippen LogP contribution in [0.4, 0.5) is 22.7 Å². The number of hydrogen-bond donors (Lipinski definition) is 1. The molecule has 1 aromatic heterocycles. The predicted molar refractivity (Wildman–Crippen MR) is 173 cm³/mol. The first-order valence-corrected chi connectivity index (χ1v) is 14.8. The lowest BCUT2D eigenvalue weighted by atomic mass is 9.86. The van der Waals surface area contributed by atoms with Gasteiger partial charge in [0.25, 0.3) is 0 Å². The van der Waals surface area contributed by atoms with Crippen molar-refractivity contribution < 1.29 is 5.32 Å². The summed E-state index contributed by atoms with van der Waals surface area (Å²) in [4.78, 5) is 2.31. The van der Waals surface area contributed by atoms with Crippen molar-refractivity contribution in [3.8, 4) is 11.1 Å². The van der Waals surface area contributed by atoms with Gasteiger partial charge in [0, 0.05) is 33.4 Å². The average molecular weight is 541 g/mol. The standard InChI is InChI=1S/C39H29N3/c1-3-11-29(12-4-1)41(30-13-5-2-6-14-30)31-21-18-26(19-22-31)27-20-23-37-34(24-27)32-15-9-16-33-35-25-28-10-7-8-17-36(28)40-39(35)42(37)38(32)33/h1-24,35,39-40H,25H2/p+1. The largest absolute Gasteiger partial charge is 0.311 e. The van der Waals surface area contributed by atoms with Gasteiger partial charge in [0.15, 0.2) is 6.17 Å². The Bertz CT molecular complexity index is 2050. The van der Waals surface area contributed by atoms with Gasteiger partial charge in [0.2, 0.25) is 0 Å². The number of rotatable bonds is 4. The van der Waals surface area contributed by atoms with E-state index in [0.29, 0.717) is 12.1 Å². The molecule has 7 aromatic rings. The van der Waals surface area contributed by atoms with E-state index in [4.69, 9.17) is 0 Å². The van der Waals surface area contributed by atoms with Crippen LogP contribution < -0.4 is 10.2 Å². The molecule has 0 radical (unpaired) electrons. The summed E-state index contributed by atoms with van der Waals surface area (Å²) in [6.45, 7) is 0. The van der Waals surface area contributed by atoms with Crippen molar-refractivity contribution in [2.24, 2.45) is 0 Å². The molecule has 3 nitrogen and oxygen atoms in total. The summed E-state index contributed by atoms with van der Waals surface area (Å²) in [6.07, 6.45) is 1.47. The van der Waals surface area contributed by atoms with Crippen LogP contribution >= 0.6 is 0 Å². The van der Waals surface area contributed by atoms with Gasteiger partial charge in [-0.05, 0) is 77.7 Å². The van der Waals surface area contributed by atoms with E-state index < -0.39 is 0 Å². The fraction of sp³-hybridized carbons (Fsp3) is 0.0769. The van der Waals surface area contributed by atoms with E-state index in [0.717, 1.165) is 23.5 Å². The number of para-hydroxylation sites is 4. The lowest BCUT2D eigenvalue weighted by molar-refractivity contribution is -0.641. The van der Waals surface area contributed by atoms with E-state index in [2.05, 4.69) is 160 Å². The van der Waals surface area contributed by atoms with Crippen molar-refractivity contribution in [3.05, 3.63) is 157 Å². The lowest BCUT2D eigenvalue weighted by Gasteiger charge is -2.27. The summed E-state index contributed by atoms with van der Waals surface area (Å²) in [5.41, 5.74) is 13.0. The van der Waals surface area contributed by atoms with Crippen LogP contribution in [0.15, 0.2) is 146 Å². The minimum Gasteiger partial charge on any atom is -0.311 e. The molecule has 0 aliphatic carbocycles. The molecule has 6 aromatic carbocycles. The molecule has 0 amide bonds. The molecule has 0 saturated heterocycles. The summed E-state index contributed by atoms with van der Waals surface area (Å²) >= 11 is 0. The molecule has 0 spiro atoms. The van der Waals surface area contributed by atoms with Gasteiger partial charge >= 0.3 is 0 Å². The number of aromatic nitrogens is 1. The van der Waals surface area contributed by atoms with E-state index in [1.165, 1.54) is 49.7 Å². The molecule has 0 saturated carbocycles. The Morgan fingerprint density at radius 1 is 0.571 bits per heavy atom. The third-order valence-corrected chi connectivity index (χ3v) is 9.30. The molecular weight excluding hydrogens is 510 g/mol. The zero-order chi connectivity index (χ0) is 27.6. The Hall–Kier alpha value is -5.12. The summed E-state index contributed by atoms with van der Waals surface area (Å²) in [6, 6.07) is 53.0. The van der Waals surface area contributed by atoms with Gasteiger partial charge in [-0.1, -0.05) is 91.0 Å². The van der Waals surface area contributed by atoms with Crippen LogP contribution in [-0.4, -0.2) is 4.57 Å². The van der Waals surface area contributed by atoms with Crippen molar-refractivity contribution in [1.82, 2.24) is 4.57 Å². The molecule has 0 bridgehead atoms. The molecule has 2 N–H and O–H groups in total. The summed E-state index contributed by atoms with van der Waals surface area (Å²) in [5, 5.41) is 5.21. The number of nitrogens with two attached hydrogens (primary N) is 1. The molecule has 2 aliphatic heterocycles. The minimum absolute atomic E-state index is 0.365. The van der Waals surface area contributed by atoms with Crippen LogP contribution in [0, 0.1) is 0 Å². The SMILES string of the molecule is c1ccc(N(c2ccccc2)c2ccc(-c3ccc4c(c3)c3cccc5c3n4C3[NH2+]c4ccccc4CC53)cc2)cc1. The Morgan fingerprint density at radius 2 is 1.24 bits per heavy atom. The van der Waals surface area contributed by atoms with E-state index in [9.17, 15) is 0 Å². The second kappa shape index (κ2) is 9.20. The molecule has 0 fully saturated rings. The maximum Gasteiger partial charge on any atom is 0.177 e. The fourth-order valence-corrected chi connectivity index (χ4v) is 7.41. The maximum absolute atomic E-state index is 2.62. The molecule has 200 valence electrons. The Labute approximate surface area is 245 Å². The quantitative estimate of drug-likeness (QED) is 0.221. The van der Waals surface area contributed by atoms with Crippen molar-refractivity contribution in [3.63, 3.8) is 0 Å². The highest BCUT2D eigenvalue weighted by atomic mass is 15.2. The minimum atomic E-state index is 0.365. The number of fused-ring (bicyclic) bond motifs is 7. The van der Waals surface area contributed by atoms with Gasteiger partial charge in [-0.25, -0.2) is 0 Å². The Balaban J connectivity index is 1.12. The van der Waals surface area contributed by atoms with E-state index in [1.54, 1.807) is 0 Å². The number of benzene rings is 6. The van der Waals surface area contributed by atoms with Crippen LogP contribution in [0.2, 0.25) is 0 Å². The van der Waals surface area contributed by atoms with Crippen LogP contribution in [-0.2, 0) is 6.42 Å². The topological polar surface area (TPSA) is 24.8 Å². The van der Waals surface area contributed by atoms with Crippen LogP contribution in [0.5, 0.6) is 0 Å².